The summed E-state index contributed by atoms with van der Waals surface area (Å²) in [6.07, 6.45) is 2.10. The Hall–Kier alpha value is -0.610. The molecule has 19 heavy (non-hydrogen) atoms. The first-order chi connectivity index (χ1) is 8.93. The molecule has 0 unspecified atom stereocenters. The van der Waals surface area contributed by atoms with Gasteiger partial charge >= 0.3 is 0 Å². The first-order valence-electron chi connectivity index (χ1n) is 7.56. The molecule has 112 valence electrons. The van der Waals surface area contributed by atoms with Crippen LogP contribution in [0.15, 0.2) is 0 Å². The van der Waals surface area contributed by atoms with Crippen LogP contribution in [0, 0.1) is 11.8 Å². The average molecular weight is 270 g/mol. The lowest BCUT2D eigenvalue weighted by Gasteiger charge is -2.30. The summed E-state index contributed by atoms with van der Waals surface area (Å²) in [7, 11) is 0. The van der Waals surface area contributed by atoms with E-state index in [-0.39, 0.29) is 18.6 Å². The van der Waals surface area contributed by atoms with Crippen molar-refractivity contribution in [3.05, 3.63) is 0 Å². The molecule has 0 radical (unpaired) electrons. The quantitative estimate of drug-likeness (QED) is 0.764. The summed E-state index contributed by atoms with van der Waals surface area (Å²) in [5, 5.41) is 9.31. The van der Waals surface area contributed by atoms with E-state index in [4.69, 9.17) is 0 Å². The smallest absolute Gasteiger partial charge is 0.236 e. The number of rotatable bonds is 7. The fourth-order valence-corrected chi connectivity index (χ4v) is 2.74. The van der Waals surface area contributed by atoms with Gasteiger partial charge in [-0.2, -0.15) is 0 Å². The summed E-state index contributed by atoms with van der Waals surface area (Å²) in [5.41, 5.74) is 0. The van der Waals surface area contributed by atoms with Crippen molar-refractivity contribution in [3.63, 3.8) is 0 Å². The summed E-state index contributed by atoms with van der Waals surface area (Å²) in [4.78, 5) is 16.6. The van der Waals surface area contributed by atoms with Gasteiger partial charge in [-0.05, 0) is 31.2 Å². The molecule has 0 aromatic rings. The first kappa shape index (κ1) is 16.4. The Morgan fingerprint density at radius 1 is 1.26 bits per heavy atom. The van der Waals surface area contributed by atoms with E-state index >= 15 is 0 Å². The van der Waals surface area contributed by atoms with Gasteiger partial charge in [0.25, 0.3) is 0 Å². The predicted molar refractivity (Wildman–Crippen MR) is 77.9 cm³/mol. The zero-order valence-corrected chi connectivity index (χ0v) is 12.9. The number of hydrogen-bond acceptors (Lipinski definition) is 3. The maximum atomic E-state index is 12.4. The number of likely N-dealkylation sites (tertiary alicyclic amines) is 1. The van der Waals surface area contributed by atoms with Crippen LogP contribution in [0.5, 0.6) is 0 Å². The van der Waals surface area contributed by atoms with E-state index in [2.05, 4.69) is 32.6 Å². The molecular formula is C15H30N2O2. The van der Waals surface area contributed by atoms with E-state index in [1.807, 2.05) is 4.90 Å². The van der Waals surface area contributed by atoms with E-state index in [1.54, 1.807) is 0 Å². The van der Waals surface area contributed by atoms with E-state index < -0.39 is 0 Å². The number of aliphatic hydroxyl groups is 1. The Labute approximate surface area is 117 Å². The Morgan fingerprint density at radius 3 is 2.32 bits per heavy atom. The van der Waals surface area contributed by atoms with Crippen LogP contribution in [0.1, 0.15) is 40.5 Å². The summed E-state index contributed by atoms with van der Waals surface area (Å²) in [6.45, 7) is 11.8. The summed E-state index contributed by atoms with van der Waals surface area (Å²) in [6, 6.07) is 0.184. The second-order valence-corrected chi connectivity index (χ2v) is 6.54. The Balaban J connectivity index is 2.55. The van der Waals surface area contributed by atoms with Crippen LogP contribution in [0.2, 0.25) is 0 Å². The van der Waals surface area contributed by atoms with Crippen LogP contribution in [-0.4, -0.2) is 59.6 Å². The van der Waals surface area contributed by atoms with Crippen LogP contribution in [0.25, 0.3) is 0 Å². The van der Waals surface area contributed by atoms with Crippen molar-refractivity contribution in [2.45, 2.75) is 46.6 Å². The second kappa shape index (κ2) is 7.85. The van der Waals surface area contributed by atoms with Crippen LogP contribution >= 0.6 is 0 Å². The molecule has 1 aliphatic heterocycles. The number of hydrogen-bond donors (Lipinski definition) is 1. The van der Waals surface area contributed by atoms with Gasteiger partial charge < -0.3 is 10.0 Å². The normalized spacial score (nSPS) is 20.5. The van der Waals surface area contributed by atoms with Crippen molar-refractivity contribution in [3.8, 4) is 0 Å². The molecule has 0 aromatic heterocycles. The van der Waals surface area contributed by atoms with Crippen LogP contribution in [0.4, 0.5) is 0 Å². The maximum Gasteiger partial charge on any atom is 0.236 e. The minimum Gasteiger partial charge on any atom is -0.395 e. The molecule has 1 atom stereocenters. The molecule has 4 nitrogen and oxygen atoms in total. The first-order valence-corrected chi connectivity index (χ1v) is 7.56. The Morgan fingerprint density at radius 2 is 1.84 bits per heavy atom. The monoisotopic (exact) mass is 270 g/mol. The lowest BCUT2D eigenvalue weighted by atomic mass is 10.1. The van der Waals surface area contributed by atoms with Gasteiger partial charge in [0.15, 0.2) is 0 Å². The molecule has 4 heteroatoms. The highest BCUT2D eigenvalue weighted by Gasteiger charge is 2.27. The molecule has 0 bridgehead atoms. The fraction of sp³-hybridized carbons (Fsp3) is 0.933. The highest BCUT2D eigenvalue weighted by Crippen LogP contribution is 2.17. The Kier molecular flexibility index (Phi) is 6.80. The number of carbonyl (C=O) groups excluding carboxylic acids is 1. The lowest BCUT2D eigenvalue weighted by molar-refractivity contribution is -0.133. The predicted octanol–water partition coefficient (Wildman–Crippen LogP) is 1.58. The highest BCUT2D eigenvalue weighted by atomic mass is 16.3. The average Bonchev–Trinajstić information content (AvgIpc) is 2.74. The topological polar surface area (TPSA) is 43.8 Å². The van der Waals surface area contributed by atoms with Gasteiger partial charge in [-0.15, -0.1) is 0 Å². The van der Waals surface area contributed by atoms with Crippen molar-refractivity contribution in [2.24, 2.45) is 11.8 Å². The SMILES string of the molecule is CC(C)CN(CC(C)C)C(=O)CN1CCC[C@@H]1CO. The zero-order chi connectivity index (χ0) is 14.4. The fourth-order valence-electron chi connectivity index (χ4n) is 2.74. The number of nitrogens with zero attached hydrogens (tertiary/aromatic N) is 2. The molecule has 1 fully saturated rings. The van der Waals surface area contributed by atoms with Gasteiger partial charge in [-0.1, -0.05) is 27.7 Å². The summed E-state index contributed by atoms with van der Waals surface area (Å²) in [5.74, 6) is 1.20. The molecule has 0 spiro atoms. The standard InChI is InChI=1S/C15H30N2O2/c1-12(2)8-17(9-13(3)4)15(19)10-16-7-5-6-14(16)11-18/h12-14,18H,5-11H2,1-4H3/t14-/m1/s1. The van der Waals surface area contributed by atoms with E-state index in [0.717, 1.165) is 32.5 Å². The third-order valence-electron chi connectivity index (χ3n) is 3.57. The largest absolute Gasteiger partial charge is 0.395 e. The zero-order valence-electron chi connectivity index (χ0n) is 12.9. The van der Waals surface area contributed by atoms with Crippen molar-refractivity contribution in [2.75, 3.05) is 32.8 Å². The van der Waals surface area contributed by atoms with Crippen LogP contribution in [0.3, 0.4) is 0 Å². The third-order valence-corrected chi connectivity index (χ3v) is 3.57. The number of amides is 1. The van der Waals surface area contributed by atoms with Gasteiger partial charge in [-0.3, -0.25) is 9.69 Å². The van der Waals surface area contributed by atoms with E-state index in [9.17, 15) is 9.90 Å². The minimum absolute atomic E-state index is 0.168. The third kappa shape index (κ3) is 5.49. The highest BCUT2D eigenvalue weighted by molar-refractivity contribution is 5.78. The minimum atomic E-state index is 0.168. The molecule has 1 rings (SSSR count). The molecule has 1 amide bonds. The number of carbonyl (C=O) groups is 1. The summed E-state index contributed by atoms with van der Waals surface area (Å²) < 4.78 is 0. The van der Waals surface area contributed by atoms with Crippen molar-refractivity contribution in [1.29, 1.82) is 0 Å². The molecule has 1 N–H and O–H groups in total. The van der Waals surface area contributed by atoms with Crippen molar-refractivity contribution < 1.29 is 9.90 Å². The number of aliphatic hydroxyl groups excluding tert-OH is 1. The lowest BCUT2D eigenvalue weighted by Crippen LogP contribution is -2.45. The molecular weight excluding hydrogens is 240 g/mol. The van der Waals surface area contributed by atoms with Crippen molar-refractivity contribution in [1.82, 2.24) is 9.80 Å². The van der Waals surface area contributed by atoms with Gasteiger partial charge in [0.05, 0.1) is 13.2 Å². The maximum absolute atomic E-state index is 12.4. The molecule has 1 aliphatic rings. The van der Waals surface area contributed by atoms with Crippen LogP contribution < -0.4 is 0 Å². The van der Waals surface area contributed by atoms with E-state index in [1.165, 1.54) is 0 Å². The van der Waals surface area contributed by atoms with E-state index in [0.29, 0.717) is 18.4 Å². The molecule has 0 aliphatic carbocycles. The summed E-state index contributed by atoms with van der Waals surface area (Å²) >= 11 is 0. The van der Waals surface area contributed by atoms with Gasteiger partial charge in [0.2, 0.25) is 5.91 Å². The van der Waals surface area contributed by atoms with Crippen LogP contribution in [-0.2, 0) is 4.79 Å². The Bertz CT molecular complexity index is 269. The van der Waals surface area contributed by atoms with Gasteiger partial charge in [-0.25, -0.2) is 0 Å². The molecule has 1 heterocycles. The van der Waals surface area contributed by atoms with Gasteiger partial charge in [0.1, 0.15) is 0 Å². The second-order valence-electron chi connectivity index (χ2n) is 6.54. The van der Waals surface area contributed by atoms with Crippen molar-refractivity contribution >= 4 is 5.91 Å². The molecule has 1 saturated heterocycles. The van der Waals surface area contributed by atoms with Gasteiger partial charge in [0, 0.05) is 19.1 Å². The molecule has 0 aromatic carbocycles. The molecule has 0 saturated carbocycles.